The van der Waals surface area contributed by atoms with E-state index in [0.29, 0.717) is 11.3 Å². The van der Waals surface area contributed by atoms with E-state index in [9.17, 15) is 19.2 Å². The Morgan fingerprint density at radius 1 is 0.829 bits per heavy atom. The number of para-hydroxylation sites is 2. The number of nitrogens with one attached hydrogen (secondary N) is 1. The lowest BCUT2D eigenvalue weighted by molar-refractivity contribution is -0.288. The van der Waals surface area contributed by atoms with Gasteiger partial charge < -0.3 is 33.4 Å². The third kappa shape index (κ3) is 5.92. The second-order valence-corrected chi connectivity index (χ2v) is 9.57. The highest BCUT2D eigenvalue weighted by Crippen LogP contribution is 2.36. The topological polar surface area (TPSA) is 152 Å². The van der Waals surface area contributed by atoms with Crippen LogP contribution in [0.3, 0.4) is 0 Å². The molecule has 1 fully saturated rings. The molecular formula is C29H28N2O10. The molecule has 0 spiro atoms. The highest BCUT2D eigenvalue weighted by atomic mass is 16.7. The van der Waals surface area contributed by atoms with E-state index < -0.39 is 54.6 Å². The Morgan fingerprint density at radius 3 is 2.22 bits per heavy atom. The van der Waals surface area contributed by atoms with Crippen LogP contribution in [-0.4, -0.2) is 71.2 Å². The largest absolute Gasteiger partial charge is 0.463 e. The van der Waals surface area contributed by atoms with Crippen molar-refractivity contribution in [2.75, 3.05) is 6.61 Å². The van der Waals surface area contributed by atoms with Crippen molar-refractivity contribution in [1.82, 2.24) is 9.97 Å². The zero-order chi connectivity index (χ0) is 29.3. The maximum Gasteiger partial charge on any atom is 0.303 e. The predicted molar refractivity (Wildman–Crippen MR) is 144 cm³/mol. The normalized spacial score (nSPS) is 22.3. The summed E-state index contributed by atoms with van der Waals surface area (Å²) in [5, 5.41) is 1.72. The molecule has 0 bridgehead atoms. The quantitative estimate of drug-likeness (QED) is 0.260. The van der Waals surface area contributed by atoms with Gasteiger partial charge in [0.15, 0.2) is 12.2 Å². The Kier molecular flexibility index (Phi) is 7.75. The third-order valence-electron chi connectivity index (χ3n) is 6.46. The van der Waals surface area contributed by atoms with Crippen molar-refractivity contribution in [2.45, 2.75) is 58.4 Å². The molecule has 0 radical (unpaired) electrons. The highest BCUT2D eigenvalue weighted by Gasteiger charge is 2.53. The van der Waals surface area contributed by atoms with Crippen LogP contribution in [0.2, 0.25) is 0 Å². The van der Waals surface area contributed by atoms with Gasteiger partial charge in [0.2, 0.25) is 12.4 Å². The number of rotatable bonds is 7. The number of hydrogen-bond acceptors (Lipinski definition) is 11. The van der Waals surface area contributed by atoms with Gasteiger partial charge >= 0.3 is 23.9 Å². The Balaban J connectivity index is 1.57. The number of hydrogen-bond donors (Lipinski definition) is 1. The fourth-order valence-corrected chi connectivity index (χ4v) is 4.92. The number of esters is 4. The van der Waals surface area contributed by atoms with Gasteiger partial charge in [-0.2, -0.15) is 0 Å². The van der Waals surface area contributed by atoms with Crippen LogP contribution in [0.5, 0.6) is 5.75 Å². The Labute approximate surface area is 233 Å². The third-order valence-corrected chi connectivity index (χ3v) is 6.46. The average Bonchev–Trinajstić information content (AvgIpc) is 3.27. The zero-order valence-corrected chi connectivity index (χ0v) is 22.7. The molecule has 0 amide bonds. The molecule has 12 heteroatoms. The summed E-state index contributed by atoms with van der Waals surface area (Å²) in [7, 11) is 0. The number of carbonyl (C=O) groups excluding carboxylic acids is 4. The highest BCUT2D eigenvalue weighted by molar-refractivity contribution is 6.09. The van der Waals surface area contributed by atoms with Crippen LogP contribution in [0.15, 0.2) is 48.5 Å². The minimum Gasteiger partial charge on any atom is -0.463 e. The number of aromatic amines is 1. The summed E-state index contributed by atoms with van der Waals surface area (Å²) in [6.07, 6.45) is -6.46. The van der Waals surface area contributed by atoms with Crippen molar-refractivity contribution >= 4 is 56.7 Å². The van der Waals surface area contributed by atoms with Gasteiger partial charge in [0.1, 0.15) is 18.5 Å². The van der Waals surface area contributed by atoms with Crippen LogP contribution < -0.4 is 4.74 Å². The average molecular weight is 565 g/mol. The van der Waals surface area contributed by atoms with Crippen molar-refractivity contribution in [1.29, 1.82) is 0 Å². The first-order chi connectivity index (χ1) is 19.6. The number of benzene rings is 2. The number of ether oxygens (including phenoxy) is 6. The van der Waals surface area contributed by atoms with E-state index in [-0.39, 0.29) is 6.61 Å². The van der Waals surface area contributed by atoms with E-state index in [4.69, 9.17) is 33.4 Å². The molecule has 1 N–H and O–H groups in total. The first kappa shape index (κ1) is 27.8. The molecule has 2 aromatic carbocycles. The minimum atomic E-state index is -1.36. The number of fused-ring (bicyclic) bond motifs is 4. The molecule has 0 unspecified atom stereocenters. The summed E-state index contributed by atoms with van der Waals surface area (Å²) in [6, 6.07) is 15.0. The van der Waals surface area contributed by atoms with Crippen LogP contribution >= 0.6 is 0 Å². The van der Waals surface area contributed by atoms with Gasteiger partial charge in [-0.1, -0.05) is 30.3 Å². The molecule has 0 aliphatic carbocycles. The molecule has 5 atom stereocenters. The van der Waals surface area contributed by atoms with Crippen LogP contribution in [0.4, 0.5) is 0 Å². The zero-order valence-electron chi connectivity index (χ0n) is 22.7. The first-order valence-corrected chi connectivity index (χ1v) is 12.9. The van der Waals surface area contributed by atoms with E-state index in [0.717, 1.165) is 41.2 Å². The molecule has 3 heterocycles. The first-order valence-electron chi connectivity index (χ1n) is 12.9. The van der Waals surface area contributed by atoms with Crippen molar-refractivity contribution < 1.29 is 47.6 Å². The van der Waals surface area contributed by atoms with Crippen LogP contribution in [-0.2, 0) is 42.9 Å². The lowest BCUT2D eigenvalue weighted by Gasteiger charge is -2.43. The molecule has 1 aliphatic rings. The van der Waals surface area contributed by atoms with Crippen LogP contribution in [0, 0.1) is 0 Å². The summed E-state index contributed by atoms with van der Waals surface area (Å²) < 4.78 is 33.9. The van der Waals surface area contributed by atoms with Gasteiger partial charge in [-0.15, -0.1) is 0 Å². The Bertz CT molecular complexity index is 1650. The molecule has 0 saturated carbocycles. The Morgan fingerprint density at radius 2 is 1.51 bits per heavy atom. The number of H-pyrrole nitrogens is 1. The maximum atomic E-state index is 12.1. The molecule has 214 valence electrons. The number of carbonyl (C=O) groups is 4. The van der Waals surface area contributed by atoms with E-state index in [1.54, 1.807) is 12.1 Å². The van der Waals surface area contributed by atoms with E-state index >= 15 is 0 Å². The van der Waals surface area contributed by atoms with Crippen LogP contribution in [0.1, 0.15) is 27.7 Å². The standard InChI is InChI=1S/C29H28N2O10/c1-14(32)36-13-23-26(37-15(2)33)27(38-16(3)34)28(39-17(4)35)29(41-23)40-22-11-7-9-19-24-21(31-25(19)22)12-18-8-5-6-10-20(18)30-24/h5-12,23,26-29,31H,13H2,1-4H3/t23-,26-,27+,28-,29-/m1/s1. The summed E-state index contributed by atoms with van der Waals surface area (Å²) >= 11 is 0. The van der Waals surface area contributed by atoms with E-state index in [2.05, 4.69) is 4.98 Å². The molecule has 4 aromatic rings. The maximum absolute atomic E-state index is 12.1. The summed E-state index contributed by atoms with van der Waals surface area (Å²) in [6.45, 7) is 4.33. The summed E-state index contributed by atoms with van der Waals surface area (Å²) in [4.78, 5) is 56.0. The fourth-order valence-electron chi connectivity index (χ4n) is 4.92. The van der Waals surface area contributed by atoms with Gasteiger partial charge in [0.05, 0.1) is 22.1 Å². The van der Waals surface area contributed by atoms with Crippen molar-refractivity contribution in [3.05, 3.63) is 48.5 Å². The molecule has 1 aliphatic heterocycles. The SMILES string of the molecule is CC(=O)OC[C@H]1O[C@@H](Oc2cccc3c2[nH]c2cc4ccccc4nc23)[C@H](OC(C)=O)[C@@H](OC(C)=O)[C@@H]1OC(C)=O. The van der Waals surface area contributed by atoms with Gasteiger partial charge in [-0.25, -0.2) is 4.98 Å². The second-order valence-electron chi connectivity index (χ2n) is 9.57. The Hall–Kier alpha value is -4.71. The van der Waals surface area contributed by atoms with Crippen molar-refractivity contribution in [3.63, 3.8) is 0 Å². The van der Waals surface area contributed by atoms with Crippen molar-refractivity contribution in [3.8, 4) is 5.75 Å². The van der Waals surface area contributed by atoms with Gasteiger partial charge in [-0.3, -0.25) is 19.2 Å². The minimum absolute atomic E-state index is 0.324. The van der Waals surface area contributed by atoms with Crippen LogP contribution in [0.25, 0.3) is 32.8 Å². The summed E-state index contributed by atoms with van der Waals surface area (Å²) in [5.74, 6) is -2.45. The molecular weight excluding hydrogens is 536 g/mol. The van der Waals surface area contributed by atoms with E-state index in [1.807, 2.05) is 36.4 Å². The number of aromatic nitrogens is 2. The smallest absolute Gasteiger partial charge is 0.303 e. The lowest BCUT2D eigenvalue weighted by atomic mass is 9.98. The van der Waals surface area contributed by atoms with Gasteiger partial charge in [-0.05, 0) is 18.2 Å². The van der Waals surface area contributed by atoms with Gasteiger partial charge in [0, 0.05) is 38.5 Å². The fraction of sp³-hybridized carbons (Fsp3) is 0.345. The number of pyridine rings is 1. The van der Waals surface area contributed by atoms with Gasteiger partial charge in [0.25, 0.3) is 0 Å². The monoisotopic (exact) mass is 564 g/mol. The second kappa shape index (κ2) is 11.4. The number of nitrogens with zero attached hydrogens (tertiary/aromatic N) is 1. The lowest BCUT2D eigenvalue weighted by Crippen LogP contribution is -2.63. The summed E-state index contributed by atoms with van der Waals surface area (Å²) in [5.41, 5.74) is 2.92. The molecule has 41 heavy (non-hydrogen) atoms. The molecule has 5 rings (SSSR count). The molecule has 12 nitrogen and oxygen atoms in total. The molecule has 2 aromatic heterocycles. The van der Waals surface area contributed by atoms with Crippen molar-refractivity contribution in [2.24, 2.45) is 0 Å². The predicted octanol–water partition coefficient (Wildman–Crippen LogP) is 3.33. The van der Waals surface area contributed by atoms with E-state index in [1.165, 1.54) is 13.8 Å². The molecule has 1 saturated heterocycles.